The standard InChI is InChI=1S/C23H41INO4P/c1-25(2,3)18-20-29-30(26,27)28-19-13-11-9-7-5-4-6-8-10-12-15-22-16-14-17-23(24)21-22/h14,16-17,21H,4-13,15,18-20H2,1-3H3. The number of hydrogen-bond donors (Lipinski definition) is 0. The minimum atomic E-state index is -4.14. The third kappa shape index (κ3) is 16.7. The molecule has 1 aromatic rings. The lowest BCUT2D eigenvalue weighted by atomic mass is 10.0. The first kappa shape index (κ1) is 28.1. The van der Waals surface area contributed by atoms with Gasteiger partial charge in [-0.15, -0.1) is 0 Å². The van der Waals surface area contributed by atoms with Crippen molar-refractivity contribution in [2.24, 2.45) is 0 Å². The maximum absolute atomic E-state index is 11.7. The largest absolute Gasteiger partial charge is 0.756 e. The van der Waals surface area contributed by atoms with Gasteiger partial charge in [-0.25, -0.2) is 0 Å². The quantitative estimate of drug-likeness (QED) is 0.0977. The van der Waals surface area contributed by atoms with Crippen molar-refractivity contribution in [3.63, 3.8) is 0 Å². The second-order valence-electron chi connectivity index (χ2n) is 9.04. The SMILES string of the molecule is C[N+](C)(C)CCOP(=O)([O-])OCCCCCCCCCCCCc1cccc(I)c1. The summed E-state index contributed by atoms with van der Waals surface area (Å²) in [5, 5.41) is 0. The van der Waals surface area contributed by atoms with E-state index in [1.807, 2.05) is 21.1 Å². The van der Waals surface area contributed by atoms with E-state index in [0.717, 1.165) is 19.3 Å². The number of rotatable bonds is 18. The Balaban J connectivity index is 1.86. The van der Waals surface area contributed by atoms with Gasteiger partial charge < -0.3 is 18.4 Å². The minimum absolute atomic E-state index is 0.163. The molecule has 0 bridgehead atoms. The maximum Gasteiger partial charge on any atom is 0.268 e. The molecule has 0 aromatic heterocycles. The average molecular weight is 553 g/mol. The van der Waals surface area contributed by atoms with Crippen molar-refractivity contribution in [3.05, 3.63) is 33.4 Å². The molecule has 1 aromatic carbocycles. The molecular weight excluding hydrogens is 512 g/mol. The van der Waals surface area contributed by atoms with Crippen LogP contribution >= 0.6 is 30.4 Å². The molecule has 0 heterocycles. The molecule has 0 aliphatic carbocycles. The van der Waals surface area contributed by atoms with Crippen molar-refractivity contribution in [3.8, 4) is 0 Å². The van der Waals surface area contributed by atoms with E-state index in [4.69, 9.17) is 9.05 Å². The van der Waals surface area contributed by atoms with Crippen LogP contribution in [0.15, 0.2) is 24.3 Å². The van der Waals surface area contributed by atoms with Crippen molar-refractivity contribution in [2.45, 2.75) is 70.6 Å². The molecule has 0 saturated heterocycles. The van der Waals surface area contributed by atoms with Crippen LogP contribution in [0, 0.1) is 3.57 Å². The van der Waals surface area contributed by atoms with Crippen LogP contribution in [0.5, 0.6) is 0 Å². The van der Waals surface area contributed by atoms with Crippen molar-refractivity contribution in [1.29, 1.82) is 0 Å². The van der Waals surface area contributed by atoms with Gasteiger partial charge in [-0.1, -0.05) is 63.5 Å². The number of halogens is 1. The molecule has 1 rings (SSSR count). The molecule has 7 heteroatoms. The average Bonchev–Trinajstić information content (AvgIpc) is 2.64. The molecule has 0 spiro atoms. The summed E-state index contributed by atoms with van der Waals surface area (Å²) in [7, 11) is 1.84. The zero-order valence-electron chi connectivity index (χ0n) is 19.1. The number of unbranched alkanes of at least 4 members (excludes halogenated alkanes) is 9. The van der Waals surface area contributed by atoms with Crippen molar-refractivity contribution < 1.29 is 23.0 Å². The van der Waals surface area contributed by atoms with Crippen LogP contribution < -0.4 is 4.89 Å². The molecule has 1 unspecified atom stereocenters. The fraction of sp³-hybridized carbons (Fsp3) is 0.739. The molecule has 0 aliphatic rings. The lowest BCUT2D eigenvalue weighted by Gasteiger charge is -2.27. The van der Waals surface area contributed by atoms with E-state index in [2.05, 4.69) is 46.9 Å². The van der Waals surface area contributed by atoms with Gasteiger partial charge in [0.25, 0.3) is 7.82 Å². The van der Waals surface area contributed by atoms with Crippen molar-refractivity contribution >= 4 is 30.4 Å². The van der Waals surface area contributed by atoms with Crippen LogP contribution in [-0.4, -0.2) is 45.4 Å². The number of likely N-dealkylation sites (N-methyl/N-ethyl adjacent to an activating group) is 1. The molecule has 0 amide bonds. The normalized spacial score (nSPS) is 14.0. The number of phosphoric ester groups is 1. The van der Waals surface area contributed by atoms with Gasteiger partial charge in [0.1, 0.15) is 13.2 Å². The van der Waals surface area contributed by atoms with Gasteiger partial charge >= 0.3 is 0 Å². The van der Waals surface area contributed by atoms with E-state index in [-0.39, 0.29) is 13.2 Å². The van der Waals surface area contributed by atoms with E-state index < -0.39 is 7.82 Å². The molecular formula is C23H41INO4P. The second kappa shape index (κ2) is 15.8. The molecule has 5 nitrogen and oxygen atoms in total. The molecule has 0 aliphatic heterocycles. The van der Waals surface area contributed by atoms with Crippen molar-refractivity contribution in [2.75, 3.05) is 40.9 Å². The predicted octanol–water partition coefficient (Wildman–Crippen LogP) is 5.94. The highest BCUT2D eigenvalue weighted by atomic mass is 127. The highest BCUT2D eigenvalue weighted by Crippen LogP contribution is 2.38. The summed E-state index contributed by atoms with van der Waals surface area (Å²) in [6.07, 6.45) is 13.1. The number of benzene rings is 1. The Morgan fingerprint density at radius 3 is 1.97 bits per heavy atom. The lowest BCUT2D eigenvalue weighted by molar-refractivity contribution is -0.870. The van der Waals surface area contributed by atoms with Crippen LogP contribution in [0.1, 0.15) is 69.8 Å². The Hall–Kier alpha value is 0.0200. The van der Waals surface area contributed by atoms with Crippen LogP contribution in [0.2, 0.25) is 0 Å². The Labute approximate surface area is 197 Å². The summed E-state index contributed by atoms with van der Waals surface area (Å²) in [4.78, 5) is 11.7. The highest BCUT2D eigenvalue weighted by molar-refractivity contribution is 14.1. The summed E-state index contributed by atoms with van der Waals surface area (Å²) in [5.41, 5.74) is 1.45. The zero-order chi connectivity index (χ0) is 22.3. The van der Waals surface area contributed by atoms with Gasteiger partial charge in [0, 0.05) is 3.57 Å². The van der Waals surface area contributed by atoms with Crippen LogP contribution in [0.25, 0.3) is 0 Å². The Kier molecular flexibility index (Phi) is 14.7. The number of aryl methyl sites for hydroxylation is 1. The molecule has 0 radical (unpaired) electrons. The van der Waals surface area contributed by atoms with E-state index in [1.54, 1.807) is 0 Å². The maximum atomic E-state index is 11.7. The number of quaternary nitrogens is 1. The molecule has 30 heavy (non-hydrogen) atoms. The fourth-order valence-electron chi connectivity index (χ4n) is 3.18. The summed E-state index contributed by atoms with van der Waals surface area (Å²) in [5.74, 6) is 0. The van der Waals surface area contributed by atoms with E-state index >= 15 is 0 Å². The molecule has 0 N–H and O–H groups in total. The fourth-order valence-corrected chi connectivity index (χ4v) is 4.52. The van der Waals surface area contributed by atoms with Gasteiger partial charge in [0.15, 0.2) is 0 Å². The first-order valence-electron chi connectivity index (χ1n) is 11.3. The first-order chi connectivity index (χ1) is 14.2. The Morgan fingerprint density at radius 1 is 0.867 bits per heavy atom. The summed E-state index contributed by atoms with van der Waals surface area (Å²) < 4.78 is 23.5. The molecule has 174 valence electrons. The van der Waals surface area contributed by atoms with E-state index in [0.29, 0.717) is 11.0 Å². The van der Waals surface area contributed by atoms with Gasteiger partial charge in [-0.3, -0.25) is 4.57 Å². The number of phosphoric acid groups is 1. The van der Waals surface area contributed by atoms with Crippen LogP contribution in [0.3, 0.4) is 0 Å². The van der Waals surface area contributed by atoms with E-state index in [1.165, 1.54) is 60.5 Å². The smallest absolute Gasteiger partial charge is 0.268 e. The predicted molar refractivity (Wildman–Crippen MR) is 131 cm³/mol. The highest BCUT2D eigenvalue weighted by Gasteiger charge is 2.12. The summed E-state index contributed by atoms with van der Waals surface area (Å²) >= 11 is 2.37. The first-order valence-corrected chi connectivity index (χ1v) is 13.9. The Bertz CT molecular complexity index is 621. The summed E-state index contributed by atoms with van der Waals surface area (Å²) in [6, 6.07) is 8.79. The van der Waals surface area contributed by atoms with Gasteiger partial charge in [0.05, 0.1) is 27.7 Å². The Morgan fingerprint density at radius 2 is 1.40 bits per heavy atom. The van der Waals surface area contributed by atoms with Crippen LogP contribution in [0.4, 0.5) is 0 Å². The van der Waals surface area contributed by atoms with Crippen molar-refractivity contribution in [1.82, 2.24) is 0 Å². The molecule has 1 atom stereocenters. The minimum Gasteiger partial charge on any atom is -0.756 e. The lowest BCUT2D eigenvalue weighted by Crippen LogP contribution is -2.37. The monoisotopic (exact) mass is 553 g/mol. The number of nitrogens with zero attached hydrogens (tertiary/aromatic N) is 1. The van der Waals surface area contributed by atoms with Crippen LogP contribution in [-0.2, 0) is 20.0 Å². The molecule has 0 saturated carbocycles. The van der Waals surface area contributed by atoms with E-state index in [9.17, 15) is 9.46 Å². The summed E-state index contributed by atoms with van der Waals surface area (Å²) in [6.45, 7) is 1.02. The third-order valence-corrected chi connectivity index (χ3v) is 6.68. The topological polar surface area (TPSA) is 58.6 Å². The second-order valence-corrected chi connectivity index (χ2v) is 11.7. The zero-order valence-corrected chi connectivity index (χ0v) is 22.2. The third-order valence-electron chi connectivity index (χ3n) is 5.01. The molecule has 0 fully saturated rings. The number of hydrogen-bond acceptors (Lipinski definition) is 4. The van der Waals surface area contributed by atoms with Gasteiger partial charge in [-0.2, -0.15) is 0 Å². The van der Waals surface area contributed by atoms with Gasteiger partial charge in [-0.05, 0) is 59.5 Å². The van der Waals surface area contributed by atoms with Gasteiger partial charge in [0.2, 0.25) is 0 Å².